The van der Waals surface area contributed by atoms with Crippen LogP contribution in [0.5, 0.6) is 0 Å². The Morgan fingerprint density at radius 3 is 2.46 bits per heavy atom. The van der Waals surface area contributed by atoms with E-state index in [1.54, 1.807) is 12.1 Å². The summed E-state index contributed by atoms with van der Waals surface area (Å²) >= 11 is 0. The number of amides is 2. The Balaban J connectivity index is 0.000000292. The molecule has 2 N–H and O–H groups in total. The van der Waals surface area contributed by atoms with E-state index in [1.807, 2.05) is 18.2 Å². The van der Waals surface area contributed by atoms with Crippen LogP contribution in [0.2, 0.25) is 0 Å². The number of aromatic nitrogens is 2. The molecule has 9 heteroatoms. The normalized spacial score (nSPS) is 13.6. The second-order valence-electron chi connectivity index (χ2n) is 5.93. The lowest BCUT2D eigenvalue weighted by molar-refractivity contribution is 0.0589. The maximum absolute atomic E-state index is 11.7. The zero-order chi connectivity index (χ0) is 20.4. The van der Waals surface area contributed by atoms with Crippen LogP contribution in [-0.4, -0.2) is 55.3 Å². The highest BCUT2D eigenvalue weighted by Gasteiger charge is 2.26. The summed E-state index contributed by atoms with van der Waals surface area (Å²) in [6, 6.07) is 8.67. The third-order valence-corrected chi connectivity index (χ3v) is 4.15. The quantitative estimate of drug-likeness (QED) is 0.612. The molecule has 1 aromatic heterocycles. The maximum Gasteiger partial charge on any atom is 0.358 e. The average Bonchev–Trinajstić information content (AvgIpc) is 3.18. The molecule has 0 saturated carbocycles. The first kappa shape index (κ1) is 21.1. The van der Waals surface area contributed by atoms with E-state index in [2.05, 4.69) is 15.7 Å². The first-order valence-electron chi connectivity index (χ1n) is 8.83. The van der Waals surface area contributed by atoms with Gasteiger partial charge in [-0.1, -0.05) is 30.3 Å². The molecule has 2 amide bonds. The molecule has 3 rings (SSSR count). The predicted octanol–water partition coefficient (Wildman–Crippen LogP) is 1.95. The largest absolute Gasteiger partial charge is 0.464 e. The van der Waals surface area contributed by atoms with Gasteiger partial charge in [0.25, 0.3) is 0 Å². The number of aldehydes is 1. The molecule has 2 heterocycles. The van der Waals surface area contributed by atoms with Gasteiger partial charge < -0.3 is 14.8 Å². The van der Waals surface area contributed by atoms with Gasteiger partial charge in [0.15, 0.2) is 5.69 Å². The Kier molecular flexibility index (Phi) is 8.16. The number of nitrogens with zero attached hydrogens (tertiary/aromatic N) is 2. The number of carbonyl (C=O) groups is 3. The van der Waals surface area contributed by atoms with Gasteiger partial charge in [-0.2, -0.15) is 0 Å². The third-order valence-electron chi connectivity index (χ3n) is 4.15. The van der Waals surface area contributed by atoms with Crippen molar-refractivity contribution in [3.05, 3.63) is 53.6 Å². The number of hydrogen-bond donors (Lipinski definition) is 2. The molecule has 0 atom stereocenters. The van der Waals surface area contributed by atoms with E-state index < -0.39 is 12.0 Å². The second kappa shape index (κ2) is 10.8. The molecule has 150 valence electrons. The summed E-state index contributed by atoms with van der Waals surface area (Å²) in [5.74, 6) is 0.226. The Bertz CT molecular complexity index is 785. The third kappa shape index (κ3) is 5.65. The first-order chi connectivity index (χ1) is 13.6. The van der Waals surface area contributed by atoms with Crippen molar-refractivity contribution in [2.45, 2.75) is 18.8 Å². The number of benzene rings is 1. The van der Waals surface area contributed by atoms with Crippen molar-refractivity contribution in [3.8, 4) is 0 Å². The fraction of sp³-hybridized carbons (Fsp3) is 0.368. The molecule has 1 aliphatic heterocycles. The van der Waals surface area contributed by atoms with Crippen LogP contribution in [0.25, 0.3) is 0 Å². The van der Waals surface area contributed by atoms with Crippen LogP contribution in [-0.2, 0) is 9.47 Å². The molecule has 0 radical (unpaired) electrons. The van der Waals surface area contributed by atoms with Crippen LogP contribution >= 0.6 is 0 Å². The van der Waals surface area contributed by atoms with Crippen molar-refractivity contribution in [2.75, 3.05) is 32.8 Å². The SMILES string of the molecule is CNC(=O)Nn1c(C(=O)OC)cnc1C1CCOCC1.O=Cc1ccccc1. The lowest BCUT2D eigenvalue weighted by Crippen LogP contribution is -2.35. The minimum atomic E-state index is -0.549. The molecule has 0 unspecified atom stereocenters. The lowest BCUT2D eigenvalue weighted by atomic mass is 10.00. The van der Waals surface area contributed by atoms with Crippen molar-refractivity contribution in [1.82, 2.24) is 15.0 Å². The van der Waals surface area contributed by atoms with E-state index in [1.165, 1.54) is 25.0 Å². The van der Waals surface area contributed by atoms with Crippen molar-refractivity contribution in [1.29, 1.82) is 0 Å². The van der Waals surface area contributed by atoms with E-state index in [0.717, 1.165) is 24.7 Å². The number of nitrogens with one attached hydrogen (secondary N) is 2. The first-order valence-corrected chi connectivity index (χ1v) is 8.83. The van der Waals surface area contributed by atoms with Crippen molar-refractivity contribution in [3.63, 3.8) is 0 Å². The molecular weight excluding hydrogens is 364 g/mol. The highest BCUT2D eigenvalue weighted by molar-refractivity contribution is 5.89. The number of ether oxygens (including phenoxy) is 2. The molecule has 0 bridgehead atoms. The molecule has 28 heavy (non-hydrogen) atoms. The summed E-state index contributed by atoms with van der Waals surface area (Å²) in [6.07, 6.45) is 3.84. The van der Waals surface area contributed by atoms with Crippen LogP contribution in [0.4, 0.5) is 4.79 Å². The Morgan fingerprint density at radius 1 is 1.25 bits per heavy atom. The van der Waals surface area contributed by atoms with Gasteiger partial charge in [0.05, 0.1) is 13.3 Å². The summed E-state index contributed by atoms with van der Waals surface area (Å²) in [6.45, 7) is 1.29. The number of methoxy groups -OCH3 is 1. The molecule has 1 aliphatic rings. The Hall–Kier alpha value is -3.20. The van der Waals surface area contributed by atoms with Gasteiger partial charge in [0.2, 0.25) is 0 Å². The summed E-state index contributed by atoms with van der Waals surface area (Å²) in [7, 11) is 2.78. The maximum atomic E-state index is 11.7. The van der Waals surface area contributed by atoms with Gasteiger partial charge in [-0.05, 0) is 12.8 Å². The summed E-state index contributed by atoms with van der Waals surface area (Å²) in [5.41, 5.74) is 3.51. The molecule has 1 aromatic carbocycles. The highest BCUT2D eigenvalue weighted by atomic mass is 16.5. The number of imidazole rings is 1. The van der Waals surface area contributed by atoms with E-state index in [0.29, 0.717) is 19.0 Å². The number of esters is 1. The van der Waals surface area contributed by atoms with Gasteiger partial charge in [-0.3, -0.25) is 4.79 Å². The van der Waals surface area contributed by atoms with E-state index in [9.17, 15) is 14.4 Å². The van der Waals surface area contributed by atoms with Crippen LogP contribution in [0.15, 0.2) is 36.5 Å². The number of rotatable bonds is 4. The van der Waals surface area contributed by atoms with Gasteiger partial charge >= 0.3 is 12.0 Å². The number of urea groups is 1. The standard InChI is InChI=1S/C12H18N4O4.C7H6O/c1-13-12(18)15-16-9(11(17)19-2)7-14-10(16)8-3-5-20-6-4-8;8-6-7-4-2-1-3-5-7/h7-8H,3-6H2,1-2H3,(H2,13,15,18);1-6H. The van der Waals surface area contributed by atoms with E-state index >= 15 is 0 Å². The van der Waals surface area contributed by atoms with Gasteiger partial charge in [-0.25, -0.2) is 24.7 Å². The van der Waals surface area contributed by atoms with Crippen molar-refractivity contribution >= 4 is 18.3 Å². The average molecular weight is 388 g/mol. The summed E-state index contributed by atoms with van der Waals surface area (Å²) in [5, 5.41) is 2.44. The zero-order valence-electron chi connectivity index (χ0n) is 15.9. The van der Waals surface area contributed by atoms with Crippen molar-refractivity contribution < 1.29 is 23.9 Å². The Labute approximate surface area is 163 Å². The number of hydrogen-bond acceptors (Lipinski definition) is 6. The monoisotopic (exact) mass is 388 g/mol. The molecule has 1 fully saturated rings. The second-order valence-corrected chi connectivity index (χ2v) is 5.93. The number of carbonyl (C=O) groups excluding carboxylic acids is 3. The van der Waals surface area contributed by atoms with Crippen molar-refractivity contribution in [2.24, 2.45) is 0 Å². The zero-order valence-corrected chi connectivity index (χ0v) is 15.9. The van der Waals surface area contributed by atoms with Gasteiger partial charge in [0, 0.05) is 31.7 Å². The van der Waals surface area contributed by atoms with Crippen LogP contribution in [0.1, 0.15) is 45.4 Å². The van der Waals surface area contributed by atoms with Gasteiger partial charge in [-0.15, -0.1) is 0 Å². The van der Waals surface area contributed by atoms with Crippen LogP contribution < -0.4 is 10.7 Å². The molecule has 0 aliphatic carbocycles. The van der Waals surface area contributed by atoms with Crippen LogP contribution in [0.3, 0.4) is 0 Å². The van der Waals surface area contributed by atoms with E-state index in [4.69, 9.17) is 9.47 Å². The molecule has 9 nitrogen and oxygen atoms in total. The minimum absolute atomic E-state index is 0.138. The minimum Gasteiger partial charge on any atom is -0.464 e. The van der Waals surface area contributed by atoms with Crippen LogP contribution in [0, 0.1) is 0 Å². The molecular formula is C19H24N4O5. The fourth-order valence-corrected chi connectivity index (χ4v) is 2.67. The predicted molar refractivity (Wildman–Crippen MR) is 102 cm³/mol. The summed E-state index contributed by atoms with van der Waals surface area (Å²) in [4.78, 5) is 37.5. The Morgan fingerprint density at radius 2 is 1.93 bits per heavy atom. The van der Waals surface area contributed by atoms with Gasteiger partial charge in [0.1, 0.15) is 12.1 Å². The molecule has 1 saturated heterocycles. The smallest absolute Gasteiger partial charge is 0.358 e. The summed E-state index contributed by atoms with van der Waals surface area (Å²) < 4.78 is 11.4. The highest BCUT2D eigenvalue weighted by Crippen LogP contribution is 2.26. The van der Waals surface area contributed by atoms with E-state index in [-0.39, 0.29) is 11.6 Å². The molecule has 2 aromatic rings. The topological polar surface area (TPSA) is 112 Å². The lowest BCUT2D eigenvalue weighted by Gasteiger charge is -2.23. The molecule has 0 spiro atoms. The fourth-order valence-electron chi connectivity index (χ4n) is 2.67.